The molecule has 2 aromatic rings. The molecule has 0 saturated carbocycles. The van der Waals surface area contributed by atoms with Crippen molar-refractivity contribution in [3.05, 3.63) is 62.3 Å². The summed E-state index contributed by atoms with van der Waals surface area (Å²) in [7, 11) is 0. The van der Waals surface area contributed by atoms with Gasteiger partial charge < -0.3 is 5.32 Å². The van der Waals surface area contributed by atoms with Crippen LogP contribution in [0.2, 0.25) is 0 Å². The fourth-order valence-corrected chi connectivity index (χ4v) is 2.41. The third kappa shape index (κ3) is 3.22. The summed E-state index contributed by atoms with van der Waals surface area (Å²) >= 11 is 6.60. The van der Waals surface area contributed by atoms with Crippen LogP contribution in [0.1, 0.15) is 15.9 Å². The Kier molecular flexibility index (Phi) is 4.37. The van der Waals surface area contributed by atoms with Crippen LogP contribution in [-0.4, -0.2) is 5.91 Å². The molecular weight excluding hydrogens is 377 g/mol. The number of carbonyl (C=O) groups excluding carboxylic acids is 1. The van der Waals surface area contributed by atoms with Crippen LogP contribution >= 0.6 is 31.9 Å². The quantitative estimate of drug-likeness (QED) is 0.780. The van der Waals surface area contributed by atoms with Crippen LogP contribution in [-0.2, 0) is 0 Å². The summed E-state index contributed by atoms with van der Waals surface area (Å²) in [5, 5.41) is 2.56. The van der Waals surface area contributed by atoms with E-state index in [1.165, 1.54) is 12.1 Å². The zero-order chi connectivity index (χ0) is 14.0. The van der Waals surface area contributed by atoms with Crippen molar-refractivity contribution in [2.45, 2.75) is 6.92 Å². The van der Waals surface area contributed by atoms with Crippen LogP contribution in [0.5, 0.6) is 0 Å². The lowest BCUT2D eigenvalue weighted by Crippen LogP contribution is -2.14. The molecule has 0 spiro atoms. The lowest BCUT2D eigenvalue weighted by molar-refractivity contribution is 0.102. The Bertz CT molecular complexity index is 643. The first-order chi connectivity index (χ1) is 8.99. The van der Waals surface area contributed by atoms with Gasteiger partial charge in [0.05, 0.1) is 11.3 Å². The molecule has 19 heavy (non-hydrogen) atoms. The minimum absolute atomic E-state index is 0.146. The first-order valence-electron chi connectivity index (χ1n) is 5.50. The number of aryl methyl sites for hydroxylation is 1. The molecule has 5 heteroatoms. The summed E-state index contributed by atoms with van der Waals surface area (Å²) in [6, 6.07) is 9.75. The summed E-state index contributed by atoms with van der Waals surface area (Å²) < 4.78 is 15.0. The number of hydrogen-bond acceptors (Lipinski definition) is 1. The highest BCUT2D eigenvalue weighted by molar-refractivity contribution is 9.10. The first kappa shape index (κ1) is 14.2. The van der Waals surface area contributed by atoms with E-state index < -0.39 is 5.82 Å². The highest BCUT2D eigenvalue weighted by Crippen LogP contribution is 2.24. The second-order valence-corrected chi connectivity index (χ2v) is 5.72. The third-order valence-electron chi connectivity index (χ3n) is 2.61. The van der Waals surface area contributed by atoms with Gasteiger partial charge in [-0.05, 0) is 52.7 Å². The second-order valence-electron chi connectivity index (χ2n) is 4.01. The topological polar surface area (TPSA) is 29.1 Å². The summed E-state index contributed by atoms with van der Waals surface area (Å²) in [5.74, 6) is -0.826. The molecule has 0 unspecified atom stereocenters. The van der Waals surface area contributed by atoms with Crippen molar-refractivity contribution in [1.82, 2.24) is 0 Å². The van der Waals surface area contributed by atoms with E-state index in [0.717, 1.165) is 5.56 Å². The van der Waals surface area contributed by atoms with Crippen molar-refractivity contribution < 1.29 is 9.18 Å². The van der Waals surface area contributed by atoms with Gasteiger partial charge in [-0.3, -0.25) is 4.79 Å². The Morgan fingerprint density at radius 2 is 1.95 bits per heavy atom. The summed E-state index contributed by atoms with van der Waals surface area (Å²) in [6.45, 7) is 1.89. The van der Waals surface area contributed by atoms with Crippen LogP contribution in [0, 0.1) is 12.7 Å². The zero-order valence-corrected chi connectivity index (χ0v) is 13.2. The SMILES string of the molecule is Cc1cccc(C(=O)Nc2cc(Br)ccc2F)c1Br. The highest BCUT2D eigenvalue weighted by Gasteiger charge is 2.13. The van der Waals surface area contributed by atoms with Gasteiger partial charge in [0.25, 0.3) is 5.91 Å². The lowest BCUT2D eigenvalue weighted by atomic mass is 10.1. The average Bonchev–Trinajstić information content (AvgIpc) is 2.37. The predicted octanol–water partition coefficient (Wildman–Crippen LogP) is 4.91. The number of anilines is 1. The van der Waals surface area contributed by atoms with Crippen molar-refractivity contribution in [3.63, 3.8) is 0 Å². The molecule has 1 amide bonds. The highest BCUT2D eigenvalue weighted by atomic mass is 79.9. The maximum absolute atomic E-state index is 13.6. The van der Waals surface area contributed by atoms with Crippen molar-refractivity contribution in [2.75, 3.05) is 5.32 Å². The second kappa shape index (κ2) is 5.84. The molecule has 98 valence electrons. The number of amides is 1. The molecule has 2 rings (SSSR count). The number of halogens is 3. The standard InChI is InChI=1S/C14H10Br2FNO/c1-8-3-2-4-10(13(8)16)14(19)18-12-7-9(15)5-6-11(12)17/h2-7H,1H3,(H,18,19). The molecule has 0 bridgehead atoms. The fraction of sp³-hybridized carbons (Fsp3) is 0.0714. The molecular formula is C14H10Br2FNO. The number of carbonyl (C=O) groups is 1. The molecule has 0 radical (unpaired) electrons. The van der Waals surface area contributed by atoms with Crippen LogP contribution in [0.25, 0.3) is 0 Å². The van der Waals surface area contributed by atoms with Crippen LogP contribution < -0.4 is 5.32 Å². The van der Waals surface area contributed by atoms with Crippen molar-refractivity contribution in [1.29, 1.82) is 0 Å². The van der Waals surface area contributed by atoms with E-state index in [1.807, 2.05) is 13.0 Å². The van der Waals surface area contributed by atoms with Crippen LogP contribution in [0.15, 0.2) is 45.3 Å². The lowest BCUT2D eigenvalue weighted by Gasteiger charge is -2.09. The maximum Gasteiger partial charge on any atom is 0.256 e. The molecule has 0 aromatic heterocycles. The van der Waals surface area contributed by atoms with E-state index in [2.05, 4.69) is 37.2 Å². The van der Waals surface area contributed by atoms with Crippen LogP contribution in [0.3, 0.4) is 0 Å². The molecule has 0 atom stereocenters. The van der Waals surface area contributed by atoms with Gasteiger partial charge in [0.1, 0.15) is 5.82 Å². The molecule has 0 aliphatic heterocycles. The molecule has 2 aromatic carbocycles. The fourth-order valence-electron chi connectivity index (χ4n) is 1.61. The van der Waals surface area contributed by atoms with E-state index >= 15 is 0 Å². The Morgan fingerprint density at radius 3 is 2.68 bits per heavy atom. The third-order valence-corrected chi connectivity index (χ3v) is 4.16. The Morgan fingerprint density at radius 1 is 1.21 bits per heavy atom. The smallest absolute Gasteiger partial charge is 0.256 e. The van der Waals surface area contributed by atoms with E-state index in [4.69, 9.17) is 0 Å². The largest absolute Gasteiger partial charge is 0.319 e. The number of hydrogen-bond donors (Lipinski definition) is 1. The van der Waals surface area contributed by atoms with E-state index in [-0.39, 0.29) is 11.6 Å². The van der Waals surface area contributed by atoms with Gasteiger partial charge in [0, 0.05) is 8.95 Å². The predicted molar refractivity (Wildman–Crippen MR) is 80.9 cm³/mol. The Hall–Kier alpha value is -1.20. The van der Waals surface area contributed by atoms with Gasteiger partial charge in [-0.15, -0.1) is 0 Å². The van der Waals surface area contributed by atoms with Gasteiger partial charge in [-0.1, -0.05) is 28.1 Å². The molecule has 0 aliphatic carbocycles. The number of rotatable bonds is 2. The van der Waals surface area contributed by atoms with Crippen molar-refractivity contribution >= 4 is 43.5 Å². The summed E-state index contributed by atoms with van der Waals surface area (Å²) in [6.07, 6.45) is 0. The van der Waals surface area contributed by atoms with Gasteiger partial charge in [0.15, 0.2) is 0 Å². The van der Waals surface area contributed by atoms with Gasteiger partial charge in [-0.2, -0.15) is 0 Å². The summed E-state index contributed by atoms with van der Waals surface area (Å²) in [4.78, 5) is 12.1. The molecule has 1 N–H and O–H groups in total. The number of nitrogens with one attached hydrogen (secondary N) is 1. The molecule has 0 heterocycles. The van der Waals surface area contributed by atoms with Gasteiger partial charge >= 0.3 is 0 Å². The van der Waals surface area contributed by atoms with E-state index in [9.17, 15) is 9.18 Å². The van der Waals surface area contributed by atoms with Crippen molar-refractivity contribution in [3.8, 4) is 0 Å². The Balaban J connectivity index is 2.31. The normalized spacial score (nSPS) is 10.3. The van der Waals surface area contributed by atoms with E-state index in [0.29, 0.717) is 14.5 Å². The molecule has 0 saturated heterocycles. The average molecular weight is 387 g/mol. The number of benzene rings is 2. The Labute approximate surface area is 127 Å². The van der Waals surface area contributed by atoms with Crippen molar-refractivity contribution in [2.24, 2.45) is 0 Å². The molecule has 2 nitrogen and oxygen atoms in total. The van der Waals surface area contributed by atoms with Crippen LogP contribution in [0.4, 0.5) is 10.1 Å². The molecule has 0 fully saturated rings. The monoisotopic (exact) mass is 385 g/mol. The maximum atomic E-state index is 13.6. The zero-order valence-electron chi connectivity index (χ0n) is 10.0. The molecule has 0 aliphatic rings. The van der Waals surface area contributed by atoms with E-state index in [1.54, 1.807) is 18.2 Å². The van der Waals surface area contributed by atoms with Gasteiger partial charge in [-0.25, -0.2) is 4.39 Å². The first-order valence-corrected chi connectivity index (χ1v) is 7.09. The van der Waals surface area contributed by atoms with Gasteiger partial charge in [0.2, 0.25) is 0 Å². The summed E-state index contributed by atoms with van der Waals surface area (Å²) in [5.41, 5.74) is 1.56. The minimum atomic E-state index is -0.472. The minimum Gasteiger partial charge on any atom is -0.319 e.